The Labute approximate surface area is 109 Å². The van der Waals surface area contributed by atoms with Gasteiger partial charge in [-0.15, -0.1) is 0 Å². The highest BCUT2D eigenvalue weighted by Crippen LogP contribution is 2.25. The first-order chi connectivity index (χ1) is 8.61. The van der Waals surface area contributed by atoms with Crippen LogP contribution in [0.15, 0.2) is 18.2 Å². The molecule has 1 aliphatic rings. The van der Waals surface area contributed by atoms with Gasteiger partial charge in [-0.25, -0.2) is 0 Å². The summed E-state index contributed by atoms with van der Waals surface area (Å²) < 4.78 is 5.42. The van der Waals surface area contributed by atoms with Gasteiger partial charge in [-0.1, -0.05) is 6.07 Å². The lowest BCUT2D eigenvalue weighted by atomic mass is 9.98. The van der Waals surface area contributed by atoms with Gasteiger partial charge in [-0.3, -0.25) is 0 Å². The fourth-order valence-electron chi connectivity index (χ4n) is 2.30. The van der Waals surface area contributed by atoms with Gasteiger partial charge in [0.05, 0.1) is 12.2 Å². The SMILES string of the molecule is CCOc1cccc(N2CCCC(C)(O)CC2)n1. The summed E-state index contributed by atoms with van der Waals surface area (Å²) in [6.45, 7) is 6.29. The topological polar surface area (TPSA) is 45.6 Å². The Morgan fingerprint density at radius 3 is 3.00 bits per heavy atom. The van der Waals surface area contributed by atoms with Crippen molar-refractivity contribution in [1.82, 2.24) is 4.98 Å². The fraction of sp³-hybridized carbons (Fsp3) is 0.643. The number of ether oxygens (including phenoxy) is 1. The molecule has 0 spiro atoms. The van der Waals surface area contributed by atoms with Crippen molar-refractivity contribution in [1.29, 1.82) is 0 Å². The molecule has 100 valence electrons. The monoisotopic (exact) mass is 250 g/mol. The van der Waals surface area contributed by atoms with Crippen molar-refractivity contribution in [3.05, 3.63) is 18.2 Å². The lowest BCUT2D eigenvalue weighted by molar-refractivity contribution is 0.0481. The quantitative estimate of drug-likeness (QED) is 0.893. The van der Waals surface area contributed by atoms with Crippen LogP contribution < -0.4 is 9.64 Å². The molecule has 1 unspecified atom stereocenters. The summed E-state index contributed by atoms with van der Waals surface area (Å²) >= 11 is 0. The van der Waals surface area contributed by atoms with Gasteiger partial charge in [0.25, 0.3) is 0 Å². The lowest BCUT2D eigenvalue weighted by Gasteiger charge is -2.23. The summed E-state index contributed by atoms with van der Waals surface area (Å²) in [4.78, 5) is 6.72. The second kappa shape index (κ2) is 5.57. The Morgan fingerprint density at radius 1 is 1.39 bits per heavy atom. The van der Waals surface area contributed by atoms with Crippen LogP contribution in [0.1, 0.15) is 33.1 Å². The van der Waals surface area contributed by atoms with E-state index in [1.807, 2.05) is 32.0 Å². The number of hydrogen-bond acceptors (Lipinski definition) is 4. The van der Waals surface area contributed by atoms with Crippen LogP contribution in [0.4, 0.5) is 5.82 Å². The van der Waals surface area contributed by atoms with Crippen molar-refractivity contribution in [2.75, 3.05) is 24.6 Å². The summed E-state index contributed by atoms with van der Waals surface area (Å²) in [5.74, 6) is 1.62. The van der Waals surface area contributed by atoms with Crippen molar-refractivity contribution < 1.29 is 9.84 Å². The zero-order valence-corrected chi connectivity index (χ0v) is 11.2. The van der Waals surface area contributed by atoms with E-state index in [0.717, 1.165) is 38.2 Å². The van der Waals surface area contributed by atoms with Gasteiger partial charge in [0.15, 0.2) is 0 Å². The predicted octanol–water partition coefficient (Wildman–Crippen LogP) is 2.22. The summed E-state index contributed by atoms with van der Waals surface area (Å²) in [6.07, 6.45) is 2.63. The minimum absolute atomic E-state index is 0.535. The molecule has 1 fully saturated rings. The first-order valence-corrected chi connectivity index (χ1v) is 6.68. The third-order valence-electron chi connectivity index (χ3n) is 3.39. The van der Waals surface area contributed by atoms with E-state index in [1.165, 1.54) is 0 Å². The Bertz CT molecular complexity index is 393. The molecule has 1 N–H and O–H groups in total. The molecule has 4 heteroatoms. The average Bonchev–Trinajstić information content (AvgIpc) is 2.51. The van der Waals surface area contributed by atoms with Gasteiger partial charge in [-0.05, 0) is 39.2 Å². The smallest absolute Gasteiger partial charge is 0.215 e. The fourth-order valence-corrected chi connectivity index (χ4v) is 2.30. The number of pyridine rings is 1. The second-order valence-electron chi connectivity index (χ2n) is 5.10. The minimum Gasteiger partial charge on any atom is -0.478 e. The summed E-state index contributed by atoms with van der Waals surface area (Å²) in [5.41, 5.74) is -0.535. The number of nitrogens with zero attached hydrogens (tertiary/aromatic N) is 2. The third-order valence-corrected chi connectivity index (χ3v) is 3.39. The molecule has 1 saturated heterocycles. The number of anilines is 1. The molecular weight excluding hydrogens is 228 g/mol. The molecule has 0 amide bonds. The standard InChI is InChI=1S/C14H22N2O2/c1-3-18-13-7-4-6-12(15-13)16-10-5-8-14(2,17)9-11-16/h4,6-7,17H,3,5,8-11H2,1-2H3. The van der Waals surface area contributed by atoms with Crippen molar-refractivity contribution in [3.8, 4) is 5.88 Å². The van der Waals surface area contributed by atoms with Crippen LogP contribution in [-0.2, 0) is 0 Å². The molecule has 0 aromatic carbocycles. The van der Waals surface area contributed by atoms with E-state index in [1.54, 1.807) is 0 Å². The van der Waals surface area contributed by atoms with Crippen LogP contribution >= 0.6 is 0 Å². The van der Waals surface area contributed by atoms with Gasteiger partial charge >= 0.3 is 0 Å². The van der Waals surface area contributed by atoms with Gasteiger partial charge in [0, 0.05) is 19.2 Å². The zero-order chi connectivity index (χ0) is 13.0. The molecular formula is C14H22N2O2. The summed E-state index contributed by atoms with van der Waals surface area (Å²) in [5, 5.41) is 10.1. The molecule has 1 atom stereocenters. The van der Waals surface area contributed by atoms with Crippen LogP contribution in [0, 0.1) is 0 Å². The van der Waals surface area contributed by atoms with Crippen LogP contribution in [0.3, 0.4) is 0 Å². The van der Waals surface area contributed by atoms with Crippen molar-refractivity contribution in [2.45, 2.75) is 38.7 Å². The maximum atomic E-state index is 10.1. The molecule has 1 aromatic rings. The Kier molecular flexibility index (Phi) is 4.07. The highest BCUT2D eigenvalue weighted by molar-refractivity contribution is 5.40. The third kappa shape index (κ3) is 3.35. The highest BCUT2D eigenvalue weighted by atomic mass is 16.5. The molecule has 2 heterocycles. The number of aliphatic hydroxyl groups is 1. The van der Waals surface area contributed by atoms with Gasteiger partial charge in [0.2, 0.25) is 5.88 Å². The number of aromatic nitrogens is 1. The molecule has 0 aliphatic carbocycles. The van der Waals surface area contributed by atoms with Gasteiger partial charge in [-0.2, -0.15) is 4.98 Å². The van der Waals surface area contributed by atoms with Crippen LogP contribution in [0.5, 0.6) is 5.88 Å². The maximum Gasteiger partial charge on any atom is 0.215 e. The minimum atomic E-state index is -0.535. The van der Waals surface area contributed by atoms with Crippen LogP contribution in [-0.4, -0.2) is 35.4 Å². The van der Waals surface area contributed by atoms with E-state index >= 15 is 0 Å². The molecule has 4 nitrogen and oxygen atoms in total. The van der Waals surface area contributed by atoms with Crippen LogP contribution in [0.2, 0.25) is 0 Å². The van der Waals surface area contributed by atoms with E-state index < -0.39 is 5.60 Å². The van der Waals surface area contributed by atoms with E-state index in [4.69, 9.17) is 4.74 Å². The summed E-state index contributed by atoms with van der Waals surface area (Å²) in [6, 6.07) is 5.85. The van der Waals surface area contributed by atoms with Crippen molar-refractivity contribution >= 4 is 5.82 Å². The molecule has 0 saturated carbocycles. The van der Waals surface area contributed by atoms with Gasteiger partial charge in [0.1, 0.15) is 5.82 Å². The predicted molar refractivity (Wildman–Crippen MR) is 72.1 cm³/mol. The first kappa shape index (κ1) is 13.1. The maximum absolute atomic E-state index is 10.1. The zero-order valence-electron chi connectivity index (χ0n) is 11.2. The molecule has 2 rings (SSSR count). The van der Waals surface area contributed by atoms with Crippen molar-refractivity contribution in [3.63, 3.8) is 0 Å². The van der Waals surface area contributed by atoms with E-state index in [0.29, 0.717) is 12.5 Å². The average molecular weight is 250 g/mol. The van der Waals surface area contributed by atoms with E-state index in [-0.39, 0.29) is 0 Å². The first-order valence-electron chi connectivity index (χ1n) is 6.68. The molecule has 0 bridgehead atoms. The Balaban J connectivity index is 2.08. The number of hydrogen-bond donors (Lipinski definition) is 1. The largest absolute Gasteiger partial charge is 0.478 e. The summed E-state index contributed by atoms with van der Waals surface area (Å²) in [7, 11) is 0. The Morgan fingerprint density at radius 2 is 2.22 bits per heavy atom. The second-order valence-corrected chi connectivity index (χ2v) is 5.10. The van der Waals surface area contributed by atoms with E-state index in [2.05, 4.69) is 9.88 Å². The van der Waals surface area contributed by atoms with E-state index in [9.17, 15) is 5.11 Å². The molecule has 1 aromatic heterocycles. The Hall–Kier alpha value is -1.29. The molecule has 0 radical (unpaired) electrons. The number of rotatable bonds is 3. The highest BCUT2D eigenvalue weighted by Gasteiger charge is 2.25. The van der Waals surface area contributed by atoms with Crippen molar-refractivity contribution in [2.24, 2.45) is 0 Å². The van der Waals surface area contributed by atoms with Crippen LogP contribution in [0.25, 0.3) is 0 Å². The normalized spacial score (nSPS) is 24.7. The van der Waals surface area contributed by atoms with Gasteiger partial charge < -0.3 is 14.7 Å². The lowest BCUT2D eigenvalue weighted by Crippen LogP contribution is -2.28. The molecule has 1 aliphatic heterocycles. The molecule has 18 heavy (non-hydrogen) atoms.